The van der Waals surface area contributed by atoms with Gasteiger partial charge in [0.25, 0.3) is 0 Å². The number of aromatic nitrogens is 1. The Hall–Kier alpha value is -1.43. The third-order valence-corrected chi connectivity index (χ3v) is 4.00. The second-order valence-corrected chi connectivity index (χ2v) is 5.22. The quantitative estimate of drug-likeness (QED) is 0.615. The molecule has 0 aliphatic carbocycles. The summed E-state index contributed by atoms with van der Waals surface area (Å²) >= 11 is 1.39. The summed E-state index contributed by atoms with van der Waals surface area (Å²) in [4.78, 5) is 29.2. The molecule has 0 aromatic carbocycles. The number of thiazole rings is 1. The highest BCUT2D eigenvalue weighted by atomic mass is 32.1. The summed E-state index contributed by atoms with van der Waals surface area (Å²) in [5.74, 6) is -0.0865. The van der Waals surface area contributed by atoms with Gasteiger partial charge in [-0.3, -0.25) is 9.59 Å². The Morgan fingerprint density at radius 3 is 2.89 bits per heavy atom. The van der Waals surface area contributed by atoms with E-state index in [0.29, 0.717) is 11.5 Å². The molecule has 0 N–H and O–H groups in total. The van der Waals surface area contributed by atoms with Gasteiger partial charge in [0, 0.05) is 13.1 Å². The van der Waals surface area contributed by atoms with E-state index in [1.807, 2.05) is 6.92 Å². The van der Waals surface area contributed by atoms with E-state index in [1.54, 1.807) is 6.20 Å². The van der Waals surface area contributed by atoms with Crippen LogP contribution in [0.3, 0.4) is 0 Å². The van der Waals surface area contributed by atoms with E-state index < -0.39 is 0 Å². The minimum absolute atomic E-state index is 0.00621. The van der Waals surface area contributed by atoms with E-state index in [9.17, 15) is 9.59 Å². The van der Waals surface area contributed by atoms with Crippen LogP contribution in [0.15, 0.2) is 6.20 Å². The molecule has 98 valence electrons. The Labute approximate surface area is 110 Å². The largest absolute Gasteiger partial charge is 0.466 e. The monoisotopic (exact) mass is 268 g/mol. The highest BCUT2D eigenvalue weighted by molar-refractivity contribution is 7.17. The highest BCUT2D eigenvalue weighted by Crippen LogP contribution is 2.27. The maximum absolute atomic E-state index is 11.6. The zero-order valence-corrected chi connectivity index (χ0v) is 11.1. The normalized spacial score (nSPS) is 16.6. The van der Waals surface area contributed by atoms with Crippen molar-refractivity contribution in [2.45, 2.75) is 19.8 Å². The Balaban J connectivity index is 1.90. The molecule has 1 saturated heterocycles. The minimum Gasteiger partial charge on any atom is -0.466 e. The molecule has 5 nitrogen and oxygen atoms in total. The maximum Gasteiger partial charge on any atom is 0.309 e. The molecule has 18 heavy (non-hydrogen) atoms. The fourth-order valence-corrected chi connectivity index (χ4v) is 2.83. The van der Waals surface area contributed by atoms with Crippen molar-refractivity contribution in [1.82, 2.24) is 4.98 Å². The van der Waals surface area contributed by atoms with Gasteiger partial charge in [0.15, 0.2) is 11.4 Å². The minimum atomic E-state index is -0.0927. The molecule has 2 rings (SSSR count). The summed E-state index contributed by atoms with van der Waals surface area (Å²) in [5.41, 5.74) is 0. The lowest BCUT2D eigenvalue weighted by Gasteiger charge is -2.30. The lowest BCUT2D eigenvalue weighted by Crippen LogP contribution is -2.36. The maximum atomic E-state index is 11.6. The van der Waals surface area contributed by atoms with Gasteiger partial charge in [-0.25, -0.2) is 4.98 Å². The van der Waals surface area contributed by atoms with Gasteiger partial charge >= 0.3 is 5.97 Å². The Morgan fingerprint density at radius 1 is 1.61 bits per heavy atom. The van der Waals surface area contributed by atoms with E-state index in [0.717, 1.165) is 37.3 Å². The molecule has 0 atom stereocenters. The number of anilines is 1. The molecule has 0 unspecified atom stereocenters. The summed E-state index contributed by atoms with van der Waals surface area (Å²) in [6.07, 6.45) is 3.97. The summed E-state index contributed by atoms with van der Waals surface area (Å²) < 4.78 is 5.03. The molecule has 6 heteroatoms. The molecule has 1 aromatic rings. The topological polar surface area (TPSA) is 59.5 Å². The molecule has 0 amide bonds. The molecule has 1 fully saturated rings. The van der Waals surface area contributed by atoms with E-state index in [1.165, 1.54) is 11.3 Å². The van der Waals surface area contributed by atoms with Crippen LogP contribution in [0.4, 0.5) is 5.13 Å². The molecule has 2 heterocycles. The standard InChI is InChI=1S/C12H16N2O3S/c1-2-17-11(16)9-3-5-14(6-4-9)12-13-7-10(8-15)18-12/h7-9H,2-6H2,1H3. The number of aldehydes is 1. The van der Waals surface area contributed by atoms with Gasteiger partial charge in [0.05, 0.1) is 23.6 Å². The van der Waals surface area contributed by atoms with Gasteiger partial charge in [-0.1, -0.05) is 11.3 Å². The average Bonchev–Trinajstić information content (AvgIpc) is 2.88. The first-order valence-electron chi connectivity index (χ1n) is 6.07. The van der Waals surface area contributed by atoms with Gasteiger partial charge in [0.2, 0.25) is 0 Å². The molecular weight excluding hydrogens is 252 g/mol. The SMILES string of the molecule is CCOC(=O)C1CCN(c2ncc(C=O)s2)CC1. The summed E-state index contributed by atoms with van der Waals surface area (Å²) in [7, 11) is 0. The van der Waals surface area contributed by atoms with Crippen molar-refractivity contribution in [3.05, 3.63) is 11.1 Å². The van der Waals surface area contributed by atoms with Gasteiger partial charge in [-0.2, -0.15) is 0 Å². The third-order valence-electron chi connectivity index (χ3n) is 3.01. The van der Waals surface area contributed by atoms with Crippen LogP contribution in [0.25, 0.3) is 0 Å². The molecule has 1 aromatic heterocycles. The van der Waals surface area contributed by atoms with Crippen LogP contribution in [-0.4, -0.2) is 36.9 Å². The number of rotatable bonds is 4. The van der Waals surface area contributed by atoms with Crippen molar-refractivity contribution in [1.29, 1.82) is 0 Å². The zero-order valence-electron chi connectivity index (χ0n) is 10.3. The smallest absolute Gasteiger partial charge is 0.309 e. The van der Waals surface area contributed by atoms with Gasteiger partial charge in [0.1, 0.15) is 0 Å². The Morgan fingerprint density at radius 2 is 2.33 bits per heavy atom. The number of piperidine rings is 1. The van der Waals surface area contributed by atoms with Crippen LogP contribution >= 0.6 is 11.3 Å². The predicted octanol–water partition coefficient (Wildman–Crippen LogP) is 1.74. The predicted molar refractivity (Wildman–Crippen MR) is 69.1 cm³/mol. The molecule has 0 radical (unpaired) electrons. The summed E-state index contributed by atoms with van der Waals surface area (Å²) in [6.45, 7) is 3.84. The molecule has 1 aliphatic heterocycles. The number of nitrogens with zero attached hydrogens (tertiary/aromatic N) is 2. The van der Waals surface area contributed by atoms with Crippen molar-refractivity contribution in [3.63, 3.8) is 0 Å². The van der Waals surface area contributed by atoms with Gasteiger partial charge in [-0.05, 0) is 19.8 Å². The van der Waals surface area contributed by atoms with Gasteiger partial charge in [-0.15, -0.1) is 0 Å². The first-order chi connectivity index (χ1) is 8.74. The van der Waals surface area contributed by atoms with Crippen LogP contribution in [0.2, 0.25) is 0 Å². The van der Waals surface area contributed by atoms with Crippen LogP contribution in [0, 0.1) is 5.92 Å². The molecule has 0 saturated carbocycles. The number of esters is 1. The van der Waals surface area contributed by atoms with Crippen LogP contribution in [-0.2, 0) is 9.53 Å². The first kappa shape index (κ1) is 13.0. The Bertz CT molecular complexity index is 425. The van der Waals surface area contributed by atoms with Crippen molar-refractivity contribution < 1.29 is 14.3 Å². The van der Waals surface area contributed by atoms with Gasteiger partial charge < -0.3 is 9.64 Å². The highest BCUT2D eigenvalue weighted by Gasteiger charge is 2.27. The number of carbonyl (C=O) groups is 2. The van der Waals surface area contributed by atoms with E-state index in [2.05, 4.69) is 9.88 Å². The van der Waals surface area contributed by atoms with Crippen molar-refractivity contribution in [3.8, 4) is 0 Å². The van der Waals surface area contributed by atoms with Crippen LogP contribution in [0.1, 0.15) is 29.4 Å². The zero-order chi connectivity index (χ0) is 13.0. The molecule has 0 spiro atoms. The third kappa shape index (κ3) is 2.87. The molecule has 0 bridgehead atoms. The molecular formula is C12H16N2O3S. The van der Waals surface area contributed by atoms with Crippen molar-refractivity contribution >= 4 is 28.7 Å². The number of hydrogen-bond acceptors (Lipinski definition) is 6. The summed E-state index contributed by atoms with van der Waals surface area (Å²) in [6, 6.07) is 0. The van der Waals surface area contributed by atoms with Crippen molar-refractivity contribution in [2.75, 3.05) is 24.6 Å². The fraction of sp³-hybridized carbons (Fsp3) is 0.583. The van der Waals surface area contributed by atoms with E-state index >= 15 is 0 Å². The van der Waals surface area contributed by atoms with E-state index in [4.69, 9.17) is 4.74 Å². The molecule has 1 aliphatic rings. The number of hydrogen-bond donors (Lipinski definition) is 0. The lowest BCUT2D eigenvalue weighted by molar-refractivity contribution is -0.148. The fourth-order valence-electron chi connectivity index (χ4n) is 2.04. The second-order valence-electron chi connectivity index (χ2n) is 4.18. The van der Waals surface area contributed by atoms with E-state index in [-0.39, 0.29) is 11.9 Å². The lowest BCUT2D eigenvalue weighted by atomic mass is 9.97. The Kier molecular flexibility index (Phi) is 4.30. The van der Waals surface area contributed by atoms with Crippen LogP contribution in [0.5, 0.6) is 0 Å². The first-order valence-corrected chi connectivity index (χ1v) is 6.88. The van der Waals surface area contributed by atoms with Crippen LogP contribution < -0.4 is 4.90 Å². The average molecular weight is 268 g/mol. The number of ether oxygens (including phenoxy) is 1. The number of carbonyl (C=O) groups excluding carboxylic acids is 2. The summed E-state index contributed by atoms with van der Waals surface area (Å²) in [5, 5.41) is 0.861. The second kappa shape index (κ2) is 5.95. The van der Waals surface area contributed by atoms with Crippen molar-refractivity contribution in [2.24, 2.45) is 5.92 Å².